The molecule has 1 N–H and O–H groups in total. The molecule has 3 aromatic rings. The number of hydrogen-bond donors (Lipinski definition) is 1. The Bertz CT molecular complexity index is 917. The number of fused-ring (bicyclic) bond motifs is 1. The highest BCUT2D eigenvalue weighted by Crippen LogP contribution is 2.40. The van der Waals surface area contributed by atoms with E-state index >= 15 is 0 Å². The number of aromatic nitrogens is 3. The fraction of sp³-hybridized carbons (Fsp3) is 0.222. The Balaban J connectivity index is 1.74. The minimum Gasteiger partial charge on any atom is -0.434 e. The van der Waals surface area contributed by atoms with Gasteiger partial charge < -0.3 is 10.1 Å². The maximum atomic E-state index is 12.8. The molecule has 1 aliphatic rings. The zero-order chi connectivity index (χ0) is 18.1. The van der Waals surface area contributed by atoms with Crippen LogP contribution in [0.4, 0.5) is 14.7 Å². The van der Waals surface area contributed by atoms with Gasteiger partial charge in [-0.05, 0) is 30.2 Å². The lowest BCUT2D eigenvalue weighted by Gasteiger charge is -2.32. The van der Waals surface area contributed by atoms with Crippen molar-refractivity contribution in [1.82, 2.24) is 14.8 Å². The van der Waals surface area contributed by atoms with E-state index in [1.54, 1.807) is 28.9 Å². The molecule has 0 amide bonds. The molecule has 5 nitrogen and oxygen atoms in total. The predicted octanol–water partition coefficient (Wildman–Crippen LogP) is 4.79. The van der Waals surface area contributed by atoms with Gasteiger partial charge in [0.2, 0.25) is 5.95 Å². The normalized spacial score (nSPS) is 19.1. The second-order valence-corrected chi connectivity index (χ2v) is 6.86. The summed E-state index contributed by atoms with van der Waals surface area (Å²) in [5.74, 6) is 0.752. The average molecular weight is 421 g/mol. The number of nitrogens with one attached hydrogen (secondary N) is 1. The molecule has 0 saturated heterocycles. The lowest BCUT2D eigenvalue weighted by atomic mass is 9.93. The molecule has 0 aliphatic carbocycles. The first-order valence-electron chi connectivity index (χ1n) is 8.07. The third-order valence-corrected chi connectivity index (χ3v) is 4.87. The average Bonchev–Trinajstić information content (AvgIpc) is 3.09. The molecule has 0 fully saturated rings. The van der Waals surface area contributed by atoms with Crippen molar-refractivity contribution >= 4 is 21.9 Å². The number of alkyl halides is 2. The number of anilines is 1. The predicted molar refractivity (Wildman–Crippen MR) is 96.4 cm³/mol. The summed E-state index contributed by atoms with van der Waals surface area (Å²) in [6.07, 6.45) is 2.08. The van der Waals surface area contributed by atoms with Gasteiger partial charge in [0, 0.05) is 10.0 Å². The van der Waals surface area contributed by atoms with Gasteiger partial charge in [-0.25, -0.2) is 4.68 Å². The van der Waals surface area contributed by atoms with E-state index in [0.29, 0.717) is 17.9 Å². The molecule has 0 bridgehead atoms. The second-order valence-electron chi connectivity index (χ2n) is 5.95. The summed E-state index contributed by atoms with van der Waals surface area (Å²) in [5.41, 5.74) is 1.73. The van der Waals surface area contributed by atoms with E-state index in [1.807, 2.05) is 24.3 Å². The molecule has 26 heavy (non-hydrogen) atoms. The summed E-state index contributed by atoms with van der Waals surface area (Å²) < 4.78 is 33.0. The topological polar surface area (TPSA) is 52.0 Å². The Hall–Kier alpha value is -2.48. The van der Waals surface area contributed by atoms with E-state index in [1.165, 1.54) is 6.33 Å². The largest absolute Gasteiger partial charge is 0.434 e. The van der Waals surface area contributed by atoms with E-state index in [-0.39, 0.29) is 17.8 Å². The minimum absolute atomic E-state index is 0.0335. The van der Waals surface area contributed by atoms with Crippen molar-refractivity contribution in [2.75, 3.05) is 5.32 Å². The molecule has 1 aliphatic heterocycles. The summed E-state index contributed by atoms with van der Waals surface area (Å²) in [6.45, 7) is -2.88. The highest BCUT2D eigenvalue weighted by molar-refractivity contribution is 9.10. The van der Waals surface area contributed by atoms with Crippen LogP contribution in [0.1, 0.15) is 29.6 Å². The fourth-order valence-corrected chi connectivity index (χ4v) is 3.70. The number of rotatable bonds is 4. The van der Waals surface area contributed by atoms with Crippen molar-refractivity contribution in [2.24, 2.45) is 0 Å². The summed E-state index contributed by atoms with van der Waals surface area (Å²) in [7, 11) is 0. The molecule has 1 aromatic heterocycles. The third-order valence-electron chi connectivity index (χ3n) is 4.38. The first-order chi connectivity index (χ1) is 12.6. The van der Waals surface area contributed by atoms with Crippen LogP contribution >= 0.6 is 15.9 Å². The van der Waals surface area contributed by atoms with Gasteiger partial charge in [-0.15, -0.1) is 0 Å². The summed E-state index contributed by atoms with van der Waals surface area (Å²) in [6, 6.07) is 14.5. The van der Waals surface area contributed by atoms with Gasteiger partial charge >= 0.3 is 6.61 Å². The van der Waals surface area contributed by atoms with Crippen LogP contribution in [0.3, 0.4) is 0 Å². The minimum atomic E-state index is -2.88. The summed E-state index contributed by atoms with van der Waals surface area (Å²) in [5, 5.41) is 7.63. The van der Waals surface area contributed by atoms with E-state index < -0.39 is 6.61 Å². The van der Waals surface area contributed by atoms with Crippen molar-refractivity contribution in [2.45, 2.75) is 25.1 Å². The molecule has 0 unspecified atom stereocenters. The van der Waals surface area contributed by atoms with Gasteiger partial charge in [0.15, 0.2) is 0 Å². The van der Waals surface area contributed by atoms with Crippen LogP contribution < -0.4 is 10.1 Å². The number of para-hydroxylation sites is 1. The number of benzene rings is 2. The van der Waals surface area contributed by atoms with Gasteiger partial charge in [0.1, 0.15) is 12.1 Å². The standard InChI is InChI=1S/C18H15BrF2N4O/c19-12-5-3-4-11(8-12)14-9-15(25-18(24-14)22-10-23-25)13-6-1-2-7-16(13)26-17(20)21/h1-8,10,14-15,17H,9H2,(H,22,23,24)/t14-,15-/m1/s1. The van der Waals surface area contributed by atoms with Crippen LogP contribution in [-0.2, 0) is 0 Å². The Labute approximate surface area is 157 Å². The monoisotopic (exact) mass is 420 g/mol. The van der Waals surface area contributed by atoms with Crippen LogP contribution in [-0.4, -0.2) is 21.4 Å². The van der Waals surface area contributed by atoms with Gasteiger partial charge in [-0.1, -0.05) is 46.3 Å². The SMILES string of the molecule is FC(F)Oc1ccccc1[C@H]1C[C@H](c2cccc(Br)c2)Nc2ncnn21. The van der Waals surface area contributed by atoms with Crippen LogP contribution in [0.5, 0.6) is 5.75 Å². The number of hydrogen-bond acceptors (Lipinski definition) is 4. The molecule has 0 radical (unpaired) electrons. The number of nitrogens with zero attached hydrogens (tertiary/aromatic N) is 3. The van der Waals surface area contributed by atoms with Crippen molar-refractivity contribution in [3.8, 4) is 5.75 Å². The summed E-state index contributed by atoms with van der Waals surface area (Å²) in [4.78, 5) is 4.26. The van der Waals surface area contributed by atoms with Gasteiger partial charge in [-0.3, -0.25) is 0 Å². The molecule has 4 rings (SSSR count). The third kappa shape index (κ3) is 3.29. The molecule has 2 atom stereocenters. The zero-order valence-corrected chi connectivity index (χ0v) is 15.1. The van der Waals surface area contributed by atoms with Crippen LogP contribution in [0, 0.1) is 0 Å². The molecule has 2 heterocycles. The molecule has 2 aromatic carbocycles. The smallest absolute Gasteiger partial charge is 0.387 e. The Kier molecular flexibility index (Phi) is 4.58. The van der Waals surface area contributed by atoms with Gasteiger partial charge in [-0.2, -0.15) is 18.9 Å². The molecule has 0 spiro atoms. The molecule has 134 valence electrons. The zero-order valence-electron chi connectivity index (χ0n) is 13.5. The maximum absolute atomic E-state index is 12.8. The van der Waals surface area contributed by atoms with E-state index in [2.05, 4.69) is 31.3 Å². The van der Waals surface area contributed by atoms with E-state index in [4.69, 9.17) is 4.74 Å². The quantitative estimate of drug-likeness (QED) is 0.659. The van der Waals surface area contributed by atoms with E-state index in [9.17, 15) is 8.78 Å². The van der Waals surface area contributed by atoms with Crippen molar-refractivity contribution in [3.05, 3.63) is 70.5 Å². The number of halogens is 3. The number of ether oxygens (including phenoxy) is 1. The van der Waals surface area contributed by atoms with Crippen LogP contribution in [0.15, 0.2) is 59.3 Å². The Morgan fingerprint density at radius 1 is 1.19 bits per heavy atom. The van der Waals surface area contributed by atoms with E-state index in [0.717, 1.165) is 10.0 Å². The van der Waals surface area contributed by atoms with Crippen molar-refractivity contribution < 1.29 is 13.5 Å². The lowest BCUT2D eigenvalue weighted by Crippen LogP contribution is -2.28. The van der Waals surface area contributed by atoms with Crippen molar-refractivity contribution in [3.63, 3.8) is 0 Å². The van der Waals surface area contributed by atoms with Crippen LogP contribution in [0.25, 0.3) is 0 Å². The van der Waals surface area contributed by atoms with Crippen LogP contribution in [0.2, 0.25) is 0 Å². The highest BCUT2D eigenvalue weighted by Gasteiger charge is 2.32. The fourth-order valence-electron chi connectivity index (χ4n) is 3.28. The first-order valence-corrected chi connectivity index (χ1v) is 8.86. The Morgan fingerprint density at radius 2 is 2.04 bits per heavy atom. The Morgan fingerprint density at radius 3 is 2.85 bits per heavy atom. The highest BCUT2D eigenvalue weighted by atomic mass is 79.9. The molecular formula is C18H15BrF2N4O. The molecular weight excluding hydrogens is 406 g/mol. The summed E-state index contributed by atoms with van der Waals surface area (Å²) >= 11 is 3.49. The van der Waals surface area contributed by atoms with Crippen molar-refractivity contribution in [1.29, 1.82) is 0 Å². The second kappa shape index (κ2) is 7.03. The first kappa shape index (κ1) is 17.0. The van der Waals surface area contributed by atoms with Gasteiger partial charge in [0.25, 0.3) is 0 Å². The molecule has 0 saturated carbocycles. The van der Waals surface area contributed by atoms with Gasteiger partial charge in [0.05, 0.1) is 12.1 Å². The lowest BCUT2D eigenvalue weighted by molar-refractivity contribution is -0.0507. The maximum Gasteiger partial charge on any atom is 0.387 e. The molecule has 8 heteroatoms.